The molecule has 1 aromatic heterocycles. The van der Waals surface area contributed by atoms with Gasteiger partial charge >= 0.3 is 0 Å². The van der Waals surface area contributed by atoms with Crippen molar-refractivity contribution >= 4 is 34.8 Å². The Morgan fingerprint density at radius 3 is 2.60 bits per heavy atom. The highest BCUT2D eigenvalue weighted by Gasteiger charge is 2.36. The van der Waals surface area contributed by atoms with Crippen LogP contribution in [0.3, 0.4) is 0 Å². The van der Waals surface area contributed by atoms with Crippen LogP contribution in [0.5, 0.6) is 5.75 Å². The van der Waals surface area contributed by atoms with E-state index in [-0.39, 0.29) is 36.6 Å². The van der Waals surface area contributed by atoms with Gasteiger partial charge in [-0.05, 0) is 86.7 Å². The van der Waals surface area contributed by atoms with E-state index in [0.29, 0.717) is 17.3 Å². The van der Waals surface area contributed by atoms with Gasteiger partial charge in [0.1, 0.15) is 24.7 Å². The summed E-state index contributed by atoms with van der Waals surface area (Å²) in [4.78, 5) is 31.5. The third kappa shape index (κ3) is 5.85. The van der Waals surface area contributed by atoms with Gasteiger partial charge in [0.2, 0.25) is 5.91 Å². The van der Waals surface area contributed by atoms with E-state index in [1.807, 2.05) is 32.2 Å². The van der Waals surface area contributed by atoms with Crippen molar-refractivity contribution in [1.29, 1.82) is 0 Å². The van der Waals surface area contributed by atoms with Gasteiger partial charge in [0.05, 0.1) is 6.04 Å². The molecule has 4 rings (SSSR count). The molecule has 1 unspecified atom stereocenters. The van der Waals surface area contributed by atoms with Gasteiger partial charge in [-0.15, -0.1) is 11.3 Å². The minimum absolute atomic E-state index is 0.115. The number of halogens is 2. The summed E-state index contributed by atoms with van der Waals surface area (Å²) in [5, 5.41) is 2.65. The lowest BCUT2D eigenvalue weighted by molar-refractivity contribution is -0.136. The number of rotatable bonds is 6. The third-order valence-electron chi connectivity index (χ3n) is 6.06. The van der Waals surface area contributed by atoms with E-state index in [4.69, 9.17) is 16.3 Å². The zero-order valence-electron chi connectivity index (χ0n) is 20.0. The lowest BCUT2D eigenvalue weighted by atomic mass is 9.99. The quantitative estimate of drug-likeness (QED) is 0.406. The highest BCUT2D eigenvalue weighted by atomic mass is 35.5. The molecule has 1 atom stereocenters. The molecule has 0 N–H and O–H groups in total. The van der Waals surface area contributed by atoms with Gasteiger partial charge in [0.15, 0.2) is 0 Å². The number of hydrogen-bond donors (Lipinski definition) is 0. The third-order valence-corrected chi connectivity index (χ3v) is 7.31. The first-order chi connectivity index (χ1) is 16.6. The highest BCUT2D eigenvalue weighted by Crippen LogP contribution is 2.34. The van der Waals surface area contributed by atoms with Crippen LogP contribution in [0, 0.1) is 5.82 Å². The second kappa shape index (κ2) is 10.4. The summed E-state index contributed by atoms with van der Waals surface area (Å²) in [7, 11) is 0. The van der Waals surface area contributed by atoms with Gasteiger partial charge in [-0.1, -0.05) is 17.7 Å². The molecule has 8 heteroatoms. The van der Waals surface area contributed by atoms with Crippen molar-refractivity contribution in [3.63, 3.8) is 0 Å². The van der Waals surface area contributed by atoms with Crippen LogP contribution in [-0.2, 0) is 11.2 Å². The number of hydrogen-bond acceptors (Lipinski definition) is 4. The van der Waals surface area contributed by atoms with Gasteiger partial charge in [0, 0.05) is 27.5 Å². The molecule has 5 nitrogen and oxygen atoms in total. The Balaban J connectivity index is 1.56. The molecular weight excluding hydrogens is 487 g/mol. The molecule has 1 aliphatic rings. The average Bonchev–Trinajstić information content (AvgIpc) is 3.30. The first-order valence-corrected chi connectivity index (χ1v) is 12.7. The Morgan fingerprint density at radius 1 is 1.17 bits per heavy atom. The van der Waals surface area contributed by atoms with E-state index in [1.54, 1.807) is 46.6 Å². The molecule has 0 aliphatic carbocycles. The largest absolute Gasteiger partial charge is 0.491 e. The molecule has 0 bridgehead atoms. The van der Waals surface area contributed by atoms with Crippen molar-refractivity contribution < 1.29 is 18.7 Å². The summed E-state index contributed by atoms with van der Waals surface area (Å²) >= 11 is 7.66. The predicted octanol–water partition coefficient (Wildman–Crippen LogP) is 5.99. The molecule has 35 heavy (non-hydrogen) atoms. The fraction of sp³-hybridized carbons (Fsp3) is 0.333. The minimum Gasteiger partial charge on any atom is -0.491 e. The van der Waals surface area contributed by atoms with Gasteiger partial charge in [0.25, 0.3) is 5.91 Å². The molecular formula is C27H28ClFN2O3S. The van der Waals surface area contributed by atoms with Crippen LogP contribution >= 0.6 is 22.9 Å². The van der Waals surface area contributed by atoms with E-state index >= 15 is 0 Å². The Hall–Kier alpha value is -2.90. The molecule has 1 aliphatic heterocycles. The molecule has 0 fully saturated rings. The van der Waals surface area contributed by atoms with Crippen LogP contribution in [-0.4, -0.2) is 46.8 Å². The van der Waals surface area contributed by atoms with Crippen molar-refractivity contribution in [2.45, 2.75) is 38.8 Å². The summed E-state index contributed by atoms with van der Waals surface area (Å²) in [6.45, 7) is 6.30. The maximum absolute atomic E-state index is 13.8. The second-order valence-corrected chi connectivity index (χ2v) is 10.9. The van der Waals surface area contributed by atoms with Crippen molar-refractivity contribution in [3.8, 4) is 5.75 Å². The molecule has 2 heterocycles. The van der Waals surface area contributed by atoms with E-state index in [2.05, 4.69) is 0 Å². The normalized spacial score (nSPS) is 15.5. The maximum atomic E-state index is 13.8. The van der Waals surface area contributed by atoms with Crippen LogP contribution in [0.4, 0.5) is 4.39 Å². The summed E-state index contributed by atoms with van der Waals surface area (Å²) in [6, 6.07) is 14.4. The van der Waals surface area contributed by atoms with Crippen LogP contribution in [0.1, 0.15) is 47.6 Å². The van der Waals surface area contributed by atoms with Crippen molar-refractivity contribution in [1.82, 2.24) is 9.80 Å². The van der Waals surface area contributed by atoms with Crippen molar-refractivity contribution in [2.75, 3.05) is 19.7 Å². The van der Waals surface area contributed by atoms with Gasteiger partial charge < -0.3 is 14.5 Å². The zero-order valence-corrected chi connectivity index (χ0v) is 21.5. The van der Waals surface area contributed by atoms with E-state index in [9.17, 15) is 14.0 Å². The number of carbonyl (C=O) groups excluding carboxylic acids is 2. The number of carbonyl (C=O) groups is 2. The van der Waals surface area contributed by atoms with Crippen molar-refractivity contribution in [2.24, 2.45) is 0 Å². The van der Waals surface area contributed by atoms with E-state index < -0.39 is 11.4 Å². The smallest absolute Gasteiger partial charge is 0.254 e. The summed E-state index contributed by atoms with van der Waals surface area (Å²) in [5.74, 6) is -0.378. The Morgan fingerprint density at radius 2 is 1.91 bits per heavy atom. The van der Waals surface area contributed by atoms with Crippen molar-refractivity contribution in [3.05, 3.63) is 86.8 Å². The summed E-state index contributed by atoms with van der Waals surface area (Å²) in [5.41, 5.74) is 0.647. The fourth-order valence-corrected chi connectivity index (χ4v) is 5.25. The minimum atomic E-state index is -0.641. The average molecular weight is 515 g/mol. The van der Waals surface area contributed by atoms with Gasteiger partial charge in [-0.25, -0.2) is 4.39 Å². The standard InChI is InChI=1S/C27H28ClFN2O3S/c1-27(2,3)31(26(33)18-5-4-6-20(29)15-18)16-25(32)30-13-11-24-22(12-14-35-24)23(30)17-34-21-9-7-19(28)8-10-21/h4-10,12,14-15,23H,11,13,16-17H2,1-3H3. The number of benzene rings is 2. The molecule has 2 amide bonds. The van der Waals surface area contributed by atoms with Crippen LogP contribution in [0.2, 0.25) is 5.02 Å². The molecule has 0 spiro atoms. The topological polar surface area (TPSA) is 49.9 Å². The lowest BCUT2D eigenvalue weighted by Crippen LogP contribution is -2.53. The van der Waals surface area contributed by atoms with E-state index in [1.165, 1.54) is 28.0 Å². The molecule has 3 aromatic rings. The number of nitrogens with zero attached hydrogens (tertiary/aromatic N) is 2. The Bertz CT molecular complexity index is 1210. The number of fused-ring (bicyclic) bond motifs is 1. The molecule has 0 radical (unpaired) electrons. The van der Waals surface area contributed by atoms with Crippen LogP contribution in [0.15, 0.2) is 60.0 Å². The predicted molar refractivity (Wildman–Crippen MR) is 137 cm³/mol. The van der Waals surface area contributed by atoms with Gasteiger partial charge in [-0.3, -0.25) is 9.59 Å². The van der Waals surface area contributed by atoms with E-state index in [0.717, 1.165) is 12.0 Å². The monoisotopic (exact) mass is 514 g/mol. The zero-order chi connectivity index (χ0) is 25.2. The highest BCUT2D eigenvalue weighted by molar-refractivity contribution is 7.10. The molecule has 2 aromatic carbocycles. The first-order valence-electron chi connectivity index (χ1n) is 11.4. The molecule has 0 saturated heterocycles. The maximum Gasteiger partial charge on any atom is 0.254 e. The Labute approximate surface area is 214 Å². The first kappa shape index (κ1) is 25.2. The summed E-state index contributed by atoms with van der Waals surface area (Å²) < 4.78 is 19.8. The fourth-order valence-electron chi connectivity index (χ4n) is 4.20. The van der Waals surface area contributed by atoms with Gasteiger partial charge in [-0.2, -0.15) is 0 Å². The number of amides is 2. The number of thiophene rings is 1. The second-order valence-electron chi connectivity index (χ2n) is 9.49. The van der Waals surface area contributed by atoms with Crippen LogP contribution < -0.4 is 4.74 Å². The lowest BCUT2D eigenvalue weighted by Gasteiger charge is -2.40. The van der Waals surface area contributed by atoms with Crippen LogP contribution in [0.25, 0.3) is 0 Å². The Kier molecular flexibility index (Phi) is 7.47. The molecule has 0 saturated carbocycles. The molecule has 184 valence electrons. The number of ether oxygens (including phenoxy) is 1. The SMILES string of the molecule is CC(C)(C)N(CC(=O)N1CCc2sccc2C1COc1ccc(Cl)cc1)C(=O)c1cccc(F)c1. The summed E-state index contributed by atoms with van der Waals surface area (Å²) in [6.07, 6.45) is 0.754.